The molecule has 5 nitrogen and oxygen atoms in total. The molecule has 124 valence electrons. The standard InChI is InChI=1S/C20H16N2O3/c1-2-24-20(23)16(12-21)13-22-17-9-7-14(8-10-17)19-11-15-5-3-4-6-18(15)25-19/h3-11,13,22H,2H2,1H3/b16-13+. The predicted molar refractivity (Wildman–Crippen MR) is 95.6 cm³/mol. The lowest BCUT2D eigenvalue weighted by molar-refractivity contribution is -0.138. The van der Waals surface area contributed by atoms with E-state index >= 15 is 0 Å². The Labute approximate surface area is 145 Å². The van der Waals surface area contributed by atoms with Crippen LogP contribution in [0.4, 0.5) is 5.69 Å². The second-order valence-corrected chi connectivity index (χ2v) is 5.26. The number of carbonyl (C=O) groups is 1. The fourth-order valence-electron chi connectivity index (χ4n) is 2.36. The van der Waals surface area contributed by atoms with E-state index in [1.54, 1.807) is 6.92 Å². The normalized spacial score (nSPS) is 11.1. The van der Waals surface area contributed by atoms with Gasteiger partial charge in [0, 0.05) is 22.8 Å². The van der Waals surface area contributed by atoms with Crippen LogP contribution in [0.25, 0.3) is 22.3 Å². The fraction of sp³-hybridized carbons (Fsp3) is 0.100. The molecule has 0 aliphatic carbocycles. The van der Waals surface area contributed by atoms with E-state index in [2.05, 4.69) is 5.32 Å². The zero-order valence-electron chi connectivity index (χ0n) is 13.7. The van der Waals surface area contributed by atoms with E-state index in [-0.39, 0.29) is 12.2 Å². The fourth-order valence-corrected chi connectivity index (χ4v) is 2.36. The minimum atomic E-state index is -0.642. The lowest BCUT2D eigenvalue weighted by Crippen LogP contribution is -2.07. The number of fused-ring (bicyclic) bond motifs is 1. The summed E-state index contributed by atoms with van der Waals surface area (Å²) in [5.74, 6) is 0.143. The van der Waals surface area contributed by atoms with Gasteiger partial charge in [-0.05, 0) is 43.3 Å². The number of furan rings is 1. The summed E-state index contributed by atoms with van der Waals surface area (Å²) in [4.78, 5) is 11.6. The number of nitriles is 1. The van der Waals surface area contributed by atoms with E-state index in [1.807, 2.05) is 60.7 Å². The van der Waals surface area contributed by atoms with E-state index in [0.29, 0.717) is 0 Å². The highest BCUT2D eigenvalue weighted by Crippen LogP contribution is 2.28. The number of hydrogen-bond acceptors (Lipinski definition) is 5. The maximum Gasteiger partial charge on any atom is 0.350 e. The van der Waals surface area contributed by atoms with Gasteiger partial charge in [-0.15, -0.1) is 0 Å². The van der Waals surface area contributed by atoms with Gasteiger partial charge < -0.3 is 14.5 Å². The molecule has 0 saturated heterocycles. The minimum Gasteiger partial charge on any atom is -0.462 e. The maximum absolute atomic E-state index is 11.6. The smallest absolute Gasteiger partial charge is 0.350 e. The van der Waals surface area contributed by atoms with Crippen molar-refractivity contribution in [2.24, 2.45) is 0 Å². The summed E-state index contributed by atoms with van der Waals surface area (Å²) < 4.78 is 10.6. The molecule has 0 atom stereocenters. The molecule has 0 amide bonds. The van der Waals surface area contributed by atoms with Crippen LogP contribution in [0.3, 0.4) is 0 Å². The Morgan fingerprint density at radius 3 is 2.68 bits per heavy atom. The number of benzene rings is 2. The quantitative estimate of drug-likeness (QED) is 0.423. The van der Waals surface area contributed by atoms with E-state index in [9.17, 15) is 4.79 Å². The number of nitrogens with one attached hydrogen (secondary N) is 1. The Hall–Kier alpha value is -3.52. The Kier molecular flexibility index (Phi) is 4.82. The zero-order chi connectivity index (χ0) is 17.6. The van der Waals surface area contributed by atoms with Crippen molar-refractivity contribution in [3.8, 4) is 17.4 Å². The third-order valence-electron chi connectivity index (χ3n) is 3.59. The first-order valence-electron chi connectivity index (χ1n) is 7.84. The van der Waals surface area contributed by atoms with Gasteiger partial charge in [-0.3, -0.25) is 0 Å². The van der Waals surface area contributed by atoms with Crippen LogP contribution in [0.2, 0.25) is 0 Å². The molecule has 0 bridgehead atoms. The largest absolute Gasteiger partial charge is 0.462 e. The molecule has 0 spiro atoms. The number of nitrogens with zero attached hydrogens (tertiary/aromatic N) is 1. The minimum absolute atomic E-state index is 0.0804. The number of rotatable bonds is 5. The summed E-state index contributed by atoms with van der Waals surface area (Å²) in [6, 6.07) is 19.2. The molecule has 0 aliphatic heterocycles. The molecular weight excluding hydrogens is 316 g/mol. The van der Waals surface area contributed by atoms with Crippen LogP contribution in [0.15, 0.2) is 70.8 Å². The van der Waals surface area contributed by atoms with Crippen molar-refractivity contribution in [2.45, 2.75) is 6.92 Å². The maximum atomic E-state index is 11.6. The first-order valence-corrected chi connectivity index (χ1v) is 7.84. The lowest BCUT2D eigenvalue weighted by atomic mass is 10.1. The van der Waals surface area contributed by atoms with Crippen molar-refractivity contribution in [1.82, 2.24) is 0 Å². The van der Waals surface area contributed by atoms with Crippen LogP contribution < -0.4 is 5.32 Å². The number of ether oxygens (including phenoxy) is 1. The molecule has 0 fully saturated rings. The van der Waals surface area contributed by atoms with Crippen molar-refractivity contribution in [1.29, 1.82) is 5.26 Å². The molecule has 1 heterocycles. The van der Waals surface area contributed by atoms with E-state index in [0.717, 1.165) is 28.0 Å². The highest BCUT2D eigenvalue weighted by Gasteiger charge is 2.09. The van der Waals surface area contributed by atoms with Crippen LogP contribution in [-0.2, 0) is 9.53 Å². The number of esters is 1. The van der Waals surface area contributed by atoms with Crippen LogP contribution in [0, 0.1) is 11.3 Å². The van der Waals surface area contributed by atoms with Gasteiger partial charge in [-0.2, -0.15) is 5.26 Å². The van der Waals surface area contributed by atoms with Gasteiger partial charge in [-0.25, -0.2) is 4.79 Å². The second-order valence-electron chi connectivity index (χ2n) is 5.26. The topological polar surface area (TPSA) is 75.3 Å². The van der Waals surface area contributed by atoms with Crippen molar-refractivity contribution in [2.75, 3.05) is 11.9 Å². The lowest BCUT2D eigenvalue weighted by Gasteiger charge is -2.04. The molecule has 2 aromatic carbocycles. The van der Waals surface area contributed by atoms with Gasteiger partial charge in [0.25, 0.3) is 0 Å². The van der Waals surface area contributed by atoms with E-state index in [1.165, 1.54) is 6.20 Å². The molecule has 25 heavy (non-hydrogen) atoms. The number of hydrogen-bond donors (Lipinski definition) is 1. The summed E-state index contributed by atoms with van der Waals surface area (Å²) in [5.41, 5.74) is 2.45. The van der Waals surface area contributed by atoms with Crippen molar-refractivity contribution < 1.29 is 13.9 Å². The van der Waals surface area contributed by atoms with Crippen LogP contribution in [0.1, 0.15) is 6.92 Å². The molecule has 3 aromatic rings. The Balaban J connectivity index is 1.76. The summed E-state index contributed by atoms with van der Waals surface area (Å²) in [5, 5.41) is 13.0. The molecule has 0 saturated carbocycles. The summed E-state index contributed by atoms with van der Waals surface area (Å²) in [6.07, 6.45) is 1.34. The highest BCUT2D eigenvalue weighted by molar-refractivity contribution is 5.93. The summed E-state index contributed by atoms with van der Waals surface area (Å²) >= 11 is 0. The summed E-state index contributed by atoms with van der Waals surface area (Å²) in [7, 11) is 0. The first-order chi connectivity index (χ1) is 12.2. The third-order valence-corrected chi connectivity index (χ3v) is 3.59. The molecule has 0 aliphatic rings. The third kappa shape index (κ3) is 3.70. The molecular formula is C20H16N2O3. The SMILES string of the molecule is CCOC(=O)/C(C#N)=C/Nc1ccc(-c2cc3ccccc3o2)cc1. The average Bonchev–Trinajstić information content (AvgIpc) is 3.07. The Morgan fingerprint density at radius 2 is 2.00 bits per heavy atom. The molecule has 5 heteroatoms. The molecule has 3 rings (SSSR count). The van der Waals surface area contributed by atoms with Crippen LogP contribution >= 0.6 is 0 Å². The van der Waals surface area contributed by atoms with E-state index in [4.69, 9.17) is 14.4 Å². The van der Waals surface area contributed by atoms with Crippen LogP contribution in [-0.4, -0.2) is 12.6 Å². The van der Waals surface area contributed by atoms with Gasteiger partial charge >= 0.3 is 5.97 Å². The number of carbonyl (C=O) groups excluding carboxylic acids is 1. The van der Waals surface area contributed by atoms with Crippen molar-refractivity contribution in [3.63, 3.8) is 0 Å². The monoisotopic (exact) mass is 332 g/mol. The second kappa shape index (κ2) is 7.37. The summed E-state index contributed by atoms with van der Waals surface area (Å²) in [6.45, 7) is 1.92. The number of para-hydroxylation sites is 1. The highest BCUT2D eigenvalue weighted by atomic mass is 16.5. The van der Waals surface area contributed by atoms with Gasteiger partial charge in [-0.1, -0.05) is 18.2 Å². The Bertz CT molecular complexity index is 930. The zero-order valence-corrected chi connectivity index (χ0v) is 13.7. The van der Waals surface area contributed by atoms with Gasteiger partial charge in [0.2, 0.25) is 0 Å². The average molecular weight is 332 g/mol. The van der Waals surface area contributed by atoms with Gasteiger partial charge in [0.1, 0.15) is 17.4 Å². The predicted octanol–water partition coefficient (Wildman–Crippen LogP) is 4.48. The van der Waals surface area contributed by atoms with Gasteiger partial charge in [0.15, 0.2) is 5.57 Å². The first kappa shape index (κ1) is 16.3. The molecule has 1 aromatic heterocycles. The van der Waals surface area contributed by atoms with E-state index < -0.39 is 5.97 Å². The molecule has 0 radical (unpaired) electrons. The van der Waals surface area contributed by atoms with Crippen LogP contribution in [0.5, 0.6) is 0 Å². The van der Waals surface area contributed by atoms with Crippen molar-refractivity contribution in [3.05, 3.63) is 66.4 Å². The molecule has 0 unspecified atom stereocenters. The van der Waals surface area contributed by atoms with Crippen molar-refractivity contribution >= 4 is 22.6 Å². The Morgan fingerprint density at radius 1 is 1.24 bits per heavy atom. The van der Waals surface area contributed by atoms with Gasteiger partial charge in [0.05, 0.1) is 6.61 Å². The number of anilines is 1. The molecule has 1 N–H and O–H groups in total.